The van der Waals surface area contributed by atoms with Crippen molar-refractivity contribution in [3.05, 3.63) is 59.5 Å². The summed E-state index contributed by atoms with van der Waals surface area (Å²) in [4.78, 5) is 15.8. The lowest BCUT2D eigenvalue weighted by molar-refractivity contribution is 0.102. The molecule has 0 saturated carbocycles. The number of benzene rings is 1. The van der Waals surface area contributed by atoms with Crippen molar-refractivity contribution in [1.29, 1.82) is 0 Å². The molecule has 0 radical (unpaired) electrons. The van der Waals surface area contributed by atoms with Gasteiger partial charge in [0.15, 0.2) is 0 Å². The lowest BCUT2D eigenvalue weighted by Gasteiger charge is -2.06. The van der Waals surface area contributed by atoms with Crippen molar-refractivity contribution in [1.82, 2.24) is 4.98 Å². The SMILES string of the molecule is NCc1ccnc(NC(=O)c2ccccc2F)c1. The molecular weight excluding hydrogens is 233 g/mol. The molecule has 5 heteroatoms. The topological polar surface area (TPSA) is 68.0 Å². The van der Waals surface area contributed by atoms with Crippen molar-refractivity contribution >= 4 is 11.7 Å². The third-order valence-corrected chi connectivity index (χ3v) is 2.42. The largest absolute Gasteiger partial charge is 0.326 e. The molecule has 1 heterocycles. The van der Waals surface area contributed by atoms with Crippen LogP contribution in [0.25, 0.3) is 0 Å². The Morgan fingerprint density at radius 1 is 1.33 bits per heavy atom. The Morgan fingerprint density at radius 3 is 2.83 bits per heavy atom. The number of rotatable bonds is 3. The van der Waals surface area contributed by atoms with Crippen LogP contribution in [0.2, 0.25) is 0 Å². The van der Waals surface area contributed by atoms with Crippen LogP contribution < -0.4 is 11.1 Å². The van der Waals surface area contributed by atoms with Crippen LogP contribution in [0.15, 0.2) is 42.6 Å². The van der Waals surface area contributed by atoms with E-state index >= 15 is 0 Å². The van der Waals surface area contributed by atoms with Gasteiger partial charge < -0.3 is 11.1 Å². The van der Waals surface area contributed by atoms with Crippen LogP contribution in [-0.4, -0.2) is 10.9 Å². The van der Waals surface area contributed by atoms with Crippen LogP contribution in [0.3, 0.4) is 0 Å². The summed E-state index contributed by atoms with van der Waals surface area (Å²) < 4.78 is 13.4. The minimum Gasteiger partial charge on any atom is -0.326 e. The first-order valence-electron chi connectivity index (χ1n) is 5.41. The molecule has 0 spiro atoms. The zero-order valence-electron chi connectivity index (χ0n) is 9.56. The predicted molar refractivity (Wildman–Crippen MR) is 66.5 cm³/mol. The Labute approximate surface area is 104 Å². The second-order valence-electron chi connectivity index (χ2n) is 3.69. The van der Waals surface area contributed by atoms with Gasteiger partial charge in [-0.15, -0.1) is 0 Å². The number of carbonyl (C=O) groups is 1. The summed E-state index contributed by atoms with van der Waals surface area (Å²) in [6, 6.07) is 9.18. The van der Waals surface area contributed by atoms with E-state index in [0.717, 1.165) is 5.56 Å². The minimum atomic E-state index is -0.565. The summed E-state index contributed by atoms with van der Waals surface area (Å²) in [6.45, 7) is 0.352. The standard InChI is InChI=1S/C13H12FN3O/c14-11-4-2-1-3-10(11)13(18)17-12-7-9(8-15)5-6-16-12/h1-7H,8,15H2,(H,16,17,18). The van der Waals surface area contributed by atoms with E-state index in [2.05, 4.69) is 10.3 Å². The molecule has 0 fully saturated rings. The van der Waals surface area contributed by atoms with Crippen molar-refractivity contribution < 1.29 is 9.18 Å². The van der Waals surface area contributed by atoms with E-state index in [1.54, 1.807) is 24.4 Å². The number of nitrogens with zero attached hydrogens (tertiary/aromatic N) is 1. The summed E-state index contributed by atoms with van der Waals surface area (Å²) >= 11 is 0. The molecule has 3 N–H and O–H groups in total. The lowest BCUT2D eigenvalue weighted by Crippen LogP contribution is -2.14. The molecular formula is C13H12FN3O. The highest BCUT2D eigenvalue weighted by molar-refractivity contribution is 6.03. The average molecular weight is 245 g/mol. The van der Waals surface area contributed by atoms with Gasteiger partial charge in [0.2, 0.25) is 0 Å². The van der Waals surface area contributed by atoms with Crippen LogP contribution in [0.1, 0.15) is 15.9 Å². The average Bonchev–Trinajstić information content (AvgIpc) is 2.39. The van der Waals surface area contributed by atoms with Gasteiger partial charge in [0.1, 0.15) is 11.6 Å². The van der Waals surface area contributed by atoms with E-state index in [4.69, 9.17) is 5.73 Å². The minimum absolute atomic E-state index is 0.0162. The predicted octanol–water partition coefficient (Wildman–Crippen LogP) is 1.93. The van der Waals surface area contributed by atoms with E-state index < -0.39 is 11.7 Å². The first kappa shape index (κ1) is 12.2. The van der Waals surface area contributed by atoms with Crippen molar-refractivity contribution in [2.45, 2.75) is 6.54 Å². The second-order valence-corrected chi connectivity index (χ2v) is 3.69. The van der Waals surface area contributed by atoms with Gasteiger partial charge in [-0.2, -0.15) is 0 Å². The molecule has 1 amide bonds. The number of halogens is 1. The zero-order chi connectivity index (χ0) is 13.0. The summed E-state index contributed by atoms with van der Waals surface area (Å²) in [5.41, 5.74) is 6.31. The van der Waals surface area contributed by atoms with Crippen LogP contribution in [0, 0.1) is 5.82 Å². The number of nitrogens with two attached hydrogens (primary N) is 1. The molecule has 0 aliphatic rings. The Balaban J connectivity index is 2.19. The number of pyridine rings is 1. The molecule has 18 heavy (non-hydrogen) atoms. The smallest absolute Gasteiger partial charge is 0.259 e. The normalized spacial score (nSPS) is 10.1. The number of anilines is 1. The van der Waals surface area contributed by atoms with Crippen molar-refractivity contribution in [2.24, 2.45) is 5.73 Å². The van der Waals surface area contributed by atoms with Crippen LogP contribution >= 0.6 is 0 Å². The Hall–Kier alpha value is -2.27. The highest BCUT2D eigenvalue weighted by atomic mass is 19.1. The molecule has 1 aromatic carbocycles. The van der Waals surface area contributed by atoms with Crippen molar-refractivity contribution in [3.8, 4) is 0 Å². The van der Waals surface area contributed by atoms with Gasteiger partial charge in [0.05, 0.1) is 5.56 Å². The number of hydrogen-bond donors (Lipinski definition) is 2. The third kappa shape index (κ3) is 2.70. The molecule has 1 aromatic heterocycles. The third-order valence-electron chi connectivity index (χ3n) is 2.42. The van der Waals surface area contributed by atoms with E-state index in [1.165, 1.54) is 18.2 Å². The van der Waals surface area contributed by atoms with Gasteiger partial charge in [0.25, 0.3) is 5.91 Å². The molecule has 0 aliphatic heterocycles. The zero-order valence-corrected chi connectivity index (χ0v) is 9.56. The Kier molecular flexibility index (Phi) is 3.64. The number of hydrogen-bond acceptors (Lipinski definition) is 3. The van der Waals surface area contributed by atoms with Gasteiger partial charge in [-0.3, -0.25) is 4.79 Å². The molecule has 0 atom stereocenters. The monoisotopic (exact) mass is 245 g/mol. The van der Waals surface area contributed by atoms with Gasteiger partial charge in [-0.05, 0) is 29.8 Å². The summed E-state index contributed by atoms with van der Waals surface area (Å²) in [5.74, 6) is -0.744. The van der Waals surface area contributed by atoms with Gasteiger partial charge >= 0.3 is 0 Å². The molecule has 2 aromatic rings. The fraction of sp³-hybridized carbons (Fsp3) is 0.0769. The van der Waals surface area contributed by atoms with Crippen molar-refractivity contribution in [3.63, 3.8) is 0 Å². The molecule has 92 valence electrons. The Bertz CT molecular complexity index is 572. The summed E-state index contributed by atoms with van der Waals surface area (Å²) in [7, 11) is 0. The molecule has 0 unspecified atom stereocenters. The number of nitrogens with one attached hydrogen (secondary N) is 1. The van der Waals surface area contributed by atoms with E-state index in [9.17, 15) is 9.18 Å². The Morgan fingerprint density at radius 2 is 2.11 bits per heavy atom. The fourth-order valence-electron chi connectivity index (χ4n) is 1.50. The van der Waals surface area contributed by atoms with Crippen molar-refractivity contribution in [2.75, 3.05) is 5.32 Å². The van der Waals surface area contributed by atoms with Gasteiger partial charge in [-0.1, -0.05) is 12.1 Å². The van der Waals surface area contributed by atoms with Crippen LogP contribution in [-0.2, 0) is 6.54 Å². The molecule has 0 bridgehead atoms. The molecule has 4 nitrogen and oxygen atoms in total. The molecule has 0 aliphatic carbocycles. The van der Waals surface area contributed by atoms with E-state index in [1.807, 2.05) is 0 Å². The quantitative estimate of drug-likeness (QED) is 0.868. The maximum absolute atomic E-state index is 13.4. The van der Waals surface area contributed by atoms with E-state index in [0.29, 0.717) is 12.4 Å². The maximum Gasteiger partial charge on any atom is 0.259 e. The summed E-state index contributed by atoms with van der Waals surface area (Å²) in [6.07, 6.45) is 1.54. The van der Waals surface area contributed by atoms with Gasteiger partial charge in [-0.25, -0.2) is 9.37 Å². The van der Waals surface area contributed by atoms with Crippen LogP contribution in [0.5, 0.6) is 0 Å². The fourth-order valence-corrected chi connectivity index (χ4v) is 1.50. The highest BCUT2D eigenvalue weighted by Crippen LogP contribution is 2.11. The first-order valence-corrected chi connectivity index (χ1v) is 5.41. The maximum atomic E-state index is 13.4. The van der Waals surface area contributed by atoms with E-state index in [-0.39, 0.29) is 5.56 Å². The number of amides is 1. The lowest BCUT2D eigenvalue weighted by atomic mass is 10.2. The van der Waals surface area contributed by atoms with Gasteiger partial charge in [0, 0.05) is 12.7 Å². The molecule has 0 saturated heterocycles. The van der Waals surface area contributed by atoms with Crippen LogP contribution in [0.4, 0.5) is 10.2 Å². The highest BCUT2D eigenvalue weighted by Gasteiger charge is 2.11. The number of carbonyl (C=O) groups excluding carboxylic acids is 1. The second kappa shape index (κ2) is 5.37. The molecule has 2 rings (SSSR count). The number of aromatic nitrogens is 1. The first-order chi connectivity index (χ1) is 8.70. The summed E-state index contributed by atoms with van der Waals surface area (Å²) in [5, 5.41) is 2.53.